The Morgan fingerprint density at radius 2 is 1.77 bits per heavy atom. The number of fused-ring (bicyclic) bond motifs is 1. The lowest BCUT2D eigenvalue weighted by Gasteiger charge is -2.48. The standard InChI is InChI=1S/C34H41FN6O5S/c1-20(2)38-32(43)34(6,7)40-29(42)28-22(5)30(41-36-15-16-37-41)47-31(28)39(33(40)44)18-27(46-21(3)4)25-17-24(35)13-14-26(25)45-19-23-11-9-8-10-12-23/h8-17,20-21,27,33,44H,18-19H2,1-7H3,(H,38,43)/t27-,33?/m0/s1. The molecule has 47 heavy (non-hydrogen) atoms. The van der Waals surface area contributed by atoms with E-state index in [9.17, 15) is 19.1 Å². The lowest BCUT2D eigenvalue weighted by molar-refractivity contribution is -0.137. The molecule has 0 aliphatic carbocycles. The molecule has 13 heteroatoms. The number of aliphatic hydroxyl groups excluding tert-OH is 1. The van der Waals surface area contributed by atoms with Crippen molar-refractivity contribution in [3.05, 3.63) is 89.0 Å². The minimum absolute atomic E-state index is 0.0188. The number of amides is 2. The van der Waals surface area contributed by atoms with Gasteiger partial charge in [0.2, 0.25) is 12.3 Å². The first-order valence-electron chi connectivity index (χ1n) is 15.5. The summed E-state index contributed by atoms with van der Waals surface area (Å²) < 4.78 is 27.5. The van der Waals surface area contributed by atoms with Gasteiger partial charge in [0.1, 0.15) is 39.8 Å². The molecule has 250 valence electrons. The zero-order chi connectivity index (χ0) is 34.0. The summed E-state index contributed by atoms with van der Waals surface area (Å²) in [5.74, 6) is -1.01. The Balaban J connectivity index is 1.61. The third-order valence-electron chi connectivity index (χ3n) is 7.84. The van der Waals surface area contributed by atoms with Crippen LogP contribution in [0, 0.1) is 12.7 Å². The van der Waals surface area contributed by atoms with Crippen molar-refractivity contribution in [2.45, 2.75) is 85.2 Å². The smallest absolute Gasteiger partial charge is 0.261 e. The fraction of sp³-hybridized carbons (Fsp3) is 0.412. The molecule has 0 spiro atoms. The molecule has 0 saturated carbocycles. The van der Waals surface area contributed by atoms with Crippen LogP contribution in [0.5, 0.6) is 5.75 Å². The topological polar surface area (TPSA) is 122 Å². The average Bonchev–Trinajstić information content (AvgIpc) is 3.66. The van der Waals surface area contributed by atoms with Crippen molar-refractivity contribution in [1.82, 2.24) is 25.2 Å². The number of carbonyl (C=O) groups is 2. The molecule has 11 nitrogen and oxygen atoms in total. The van der Waals surface area contributed by atoms with Gasteiger partial charge in [-0.2, -0.15) is 10.2 Å². The lowest BCUT2D eigenvalue weighted by atomic mass is 9.97. The highest BCUT2D eigenvalue weighted by molar-refractivity contribution is 7.19. The van der Waals surface area contributed by atoms with E-state index in [0.29, 0.717) is 32.4 Å². The zero-order valence-corrected chi connectivity index (χ0v) is 28.4. The van der Waals surface area contributed by atoms with E-state index < -0.39 is 35.6 Å². The Bertz CT molecular complexity index is 1710. The largest absolute Gasteiger partial charge is 0.489 e. The molecular weight excluding hydrogens is 623 g/mol. The van der Waals surface area contributed by atoms with Gasteiger partial charge < -0.3 is 24.8 Å². The van der Waals surface area contributed by atoms with E-state index in [4.69, 9.17) is 9.47 Å². The molecule has 1 aliphatic heterocycles. The third kappa shape index (κ3) is 7.02. The SMILES string of the molecule is Cc1c(-n2nccn2)sc2c1C(=O)N(C(C)(C)C(=O)NC(C)C)C(O)N2C[C@H](OC(C)C)c1cc(F)ccc1OCc1ccccc1. The van der Waals surface area contributed by atoms with Crippen molar-refractivity contribution in [1.29, 1.82) is 0 Å². The number of benzene rings is 2. The van der Waals surface area contributed by atoms with Gasteiger partial charge in [-0.05, 0) is 72.2 Å². The number of rotatable bonds is 12. The number of anilines is 1. The number of aliphatic hydroxyl groups is 1. The summed E-state index contributed by atoms with van der Waals surface area (Å²) >= 11 is 1.23. The molecular formula is C34H41FN6O5S. The fourth-order valence-electron chi connectivity index (χ4n) is 5.55. The normalized spacial score (nSPS) is 15.7. The molecule has 2 amide bonds. The van der Waals surface area contributed by atoms with Crippen LogP contribution in [-0.4, -0.2) is 67.4 Å². The number of halogens is 1. The summed E-state index contributed by atoms with van der Waals surface area (Å²) in [4.78, 5) is 32.0. The maximum absolute atomic E-state index is 14.9. The highest BCUT2D eigenvalue weighted by atomic mass is 32.1. The Labute approximate surface area is 277 Å². The van der Waals surface area contributed by atoms with Gasteiger partial charge in [-0.25, -0.2) is 4.39 Å². The second-order valence-corrected chi connectivity index (χ2v) is 13.5. The van der Waals surface area contributed by atoms with Crippen LogP contribution >= 0.6 is 11.3 Å². The maximum atomic E-state index is 14.9. The van der Waals surface area contributed by atoms with Gasteiger partial charge in [0.25, 0.3) is 5.91 Å². The first-order chi connectivity index (χ1) is 22.3. The van der Waals surface area contributed by atoms with Gasteiger partial charge in [0, 0.05) is 17.2 Å². The second-order valence-electron chi connectivity index (χ2n) is 12.5. The number of hydrogen-bond acceptors (Lipinski definition) is 9. The van der Waals surface area contributed by atoms with Gasteiger partial charge in [-0.15, -0.1) is 4.80 Å². The predicted octanol–water partition coefficient (Wildman–Crippen LogP) is 5.36. The van der Waals surface area contributed by atoms with Crippen LogP contribution in [0.2, 0.25) is 0 Å². The van der Waals surface area contributed by atoms with Crippen LogP contribution < -0.4 is 15.0 Å². The molecule has 0 bridgehead atoms. The number of hydrogen-bond donors (Lipinski definition) is 2. The number of nitrogens with one attached hydrogen (secondary N) is 1. The van der Waals surface area contributed by atoms with Crippen LogP contribution in [0.25, 0.3) is 5.00 Å². The van der Waals surface area contributed by atoms with Crippen LogP contribution in [-0.2, 0) is 16.1 Å². The predicted molar refractivity (Wildman–Crippen MR) is 177 cm³/mol. The molecule has 2 aromatic heterocycles. The van der Waals surface area contributed by atoms with Crippen molar-refractivity contribution in [3.63, 3.8) is 0 Å². The van der Waals surface area contributed by atoms with Crippen molar-refractivity contribution < 1.29 is 28.6 Å². The van der Waals surface area contributed by atoms with Gasteiger partial charge in [0.15, 0.2) is 0 Å². The molecule has 5 rings (SSSR count). The molecule has 1 aliphatic rings. The molecule has 4 aromatic rings. The van der Waals surface area contributed by atoms with E-state index in [0.717, 1.165) is 5.56 Å². The minimum Gasteiger partial charge on any atom is -0.489 e. The molecule has 1 unspecified atom stereocenters. The van der Waals surface area contributed by atoms with Crippen LogP contribution in [0.4, 0.5) is 9.39 Å². The molecule has 0 fully saturated rings. The van der Waals surface area contributed by atoms with Crippen molar-refractivity contribution in [2.75, 3.05) is 11.4 Å². The van der Waals surface area contributed by atoms with Gasteiger partial charge in [-0.1, -0.05) is 41.7 Å². The summed E-state index contributed by atoms with van der Waals surface area (Å²) in [6.45, 7) is 12.6. The zero-order valence-electron chi connectivity index (χ0n) is 27.6. The quantitative estimate of drug-likeness (QED) is 0.208. The maximum Gasteiger partial charge on any atom is 0.261 e. The summed E-state index contributed by atoms with van der Waals surface area (Å²) in [6, 6.07) is 13.7. The Morgan fingerprint density at radius 3 is 2.40 bits per heavy atom. The van der Waals surface area contributed by atoms with Crippen molar-refractivity contribution in [3.8, 4) is 10.8 Å². The Morgan fingerprint density at radius 1 is 1.09 bits per heavy atom. The van der Waals surface area contributed by atoms with Crippen molar-refractivity contribution >= 4 is 28.2 Å². The van der Waals surface area contributed by atoms with Crippen LogP contribution in [0.15, 0.2) is 60.9 Å². The third-order valence-corrected chi connectivity index (χ3v) is 9.13. The highest BCUT2D eigenvalue weighted by Crippen LogP contribution is 2.45. The molecule has 3 heterocycles. The lowest BCUT2D eigenvalue weighted by Crippen LogP contribution is -2.67. The summed E-state index contributed by atoms with van der Waals surface area (Å²) in [5, 5.41) is 24.5. The number of thiophene rings is 1. The molecule has 2 atom stereocenters. The first-order valence-corrected chi connectivity index (χ1v) is 16.3. The molecule has 0 radical (unpaired) electrons. The molecule has 0 saturated heterocycles. The monoisotopic (exact) mass is 664 g/mol. The van der Waals surface area contributed by atoms with E-state index in [1.54, 1.807) is 31.7 Å². The van der Waals surface area contributed by atoms with E-state index in [1.165, 1.54) is 45.6 Å². The highest BCUT2D eigenvalue weighted by Gasteiger charge is 2.50. The van der Waals surface area contributed by atoms with Gasteiger partial charge >= 0.3 is 0 Å². The van der Waals surface area contributed by atoms with E-state index in [2.05, 4.69) is 15.5 Å². The fourth-order valence-corrected chi connectivity index (χ4v) is 6.79. The van der Waals surface area contributed by atoms with Gasteiger partial charge in [0.05, 0.1) is 30.6 Å². The molecule has 2 aromatic carbocycles. The Hall–Kier alpha value is -4.33. The summed E-state index contributed by atoms with van der Waals surface area (Å²) in [6.07, 6.45) is 0.360. The van der Waals surface area contributed by atoms with Crippen LogP contribution in [0.1, 0.15) is 74.7 Å². The van der Waals surface area contributed by atoms with E-state index in [-0.39, 0.29) is 25.3 Å². The summed E-state index contributed by atoms with van der Waals surface area (Å²) in [7, 11) is 0. The van der Waals surface area contributed by atoms with E-state index in [1.807, 2.05) is 58.0 Å². The summed E-state index contributed by atoms with van der Waals surface area (Å²) in [5.41, 5.74) is 0.802. The van der Waals surface area contributed by atoms with Crippen molar-refractivity contribution in [2.24, 2.45) is 0 Å². The van der Waals surface area contributed by atoms with Crippen LogP contribution in [0.3, 0.4) is 0 Å². The minimum atomic E-state index is -1.58. The number of aromatic nitrogens is 3. The number of ether oxygens (including phenoxy) is 2. The number of nitrogens with zero attached hydrogens (tertiary/aromatic N) is 5. The Kier molecular flexibility index (Phi) is 9.99. The van der Waals surface area contributed by atoms with Gasteiger partial charge in [-0.3, -0.25) is 14.5 Å². The van der Waals surface area contributed by atoms with E-state index >= 15 is 0 Å². The average molecular weight is 665 g/mol. The first kappa shape index (κ1) is 34.0. The number of carbonyl (C=O) groups excluding carboxylic acids is 2. The molecule has 2 N–H and O–H groups in total. The second kappa shape index (κ2) is 13.8.